The fraction of sp³-hybridized carbons (Fsp3) is 0.235. The molecule has 4 heteroatoms. The molecule has 108 valence electrons. The van der Waals surface area contributed by atoms with Crippen LogP contribution in [-0.2, 0) is 11.2 Å². The average Bonchev–Trinajstić information content (AvgIpc) is 2.52. The van der Waals surface area contributed by atoms with Gasteiger partial charge in [0.25, 0.3) is 0 Å². The second kappa shape index (κ2) is 7.89. The first-order valence-electron chi connectivity index (χ1n) is 6.65. The summed E-state index contributed by atoms with van der Waals surface area (Å²) in [6, 6.07) is 12.1. The maximum Gasteiger partial charge on any atom is 0.229 e. The summed E-state index contributed by atoms with van der Waals surface area (Å²) in [7, 11) is 0. The number of halogens is 1. The Kier molecular flexibility index (Phi) is 5.88. The van der Waals surface area contributed by atoms with Gasteiger partial charge in [0.05, 0.1) is 4.43 Å². The highest BCUT2D eigenvalue weighted by molar-refractivity contribution is 14.1. The molecule has 2 aromatic rings. The normalized spacial score (nSPS) is 10.1. The minimum Gasteiger partial charge on any atom is -0.481 e. The summed E-state index contributed by atoms with van der Waals surface area (Å²) < 4.78 is 5.96. The lowest BCUT2D eigenvalue weighted by Crippen LogP contribution is -2.26. The molecule has 1 amide bonds. The van der Waals surface area contributed by atoms with E-state index in [9.17, 15) is 4.79 Å². The van der Waals surface area contributed by atoms with Crippen LogP contribution in [0.5, 0.6) is 5.75 Å². The van der Waals surface area contributed by atoms with Crippen LogP contribution in [-0.4, -0.2) is 23.5 Å². The molecule has 2 aromatic carbocycles. The van der Waals surface area contributed by atoms with Crippen LogP contribution in [0.25, 0.3) is 10.8 Å². The van der Waals surface area contributed by atoms with Crippen molar-refractivity contribution in [1.29, 1.82) is 0 Å². The smallest absolute Gasteiger partial charge is 0.229 e. The number of nitrogens with one attached hydrogen (secondary N) is 1. The monoisotopic (exact) mass is 393 g/mol. The molecule has 3 nitrogen and oxygen atoms in total. The van der Waals surface area contributed by atoms with Crippen molar-refractivity contribution in [3.8, 4) is 18.1 Å². The fourth-order valence-corrected chi connectivity index (χ4v) is 2.40. The minimum atomic E-state index is 0.0638. The van der Waals surface area contributed by atoms with Crippen molar-refractivity contribution >= 4 is 39.3 Å². The average molecular weight is 393 g/mol. The third-order valence-corrected chi connectivity index (χ3v) is 3.80. The first-order valence-corrected chi connectivity index (χ1v) is 8.17. The number of terminal acetylenes is 1. The highest BCUT2D eigenvalue weighted by atomic mass is 127. The molecule has 0 spiro atoms. The van der Waals surface area contributed by atoms with E-state index in [2.05, 4.69) is 46.0 Å². The number of amides is 1. The number of benzene rings is 2. The maximum atomic E-state index is 11.3. The fourth-order valence-electron chi connectivity index (χ4n) is 2.13. The van der Waals surface area contributed by atoms with Crippen molar-refractivity contribution in [2.45, 2.75) is 6.42 Å². The van der Waals surface area contributed by atoms with Gasteiger partial charge in [0, 0.05) is 6.54 Å². The van der Waals surface area contributed by atoms with Gasteiger partial charge in [0.15, 0.2) is 0 Å². The Balaban J connectivity index is 2.18. The van der Waals surface area contributed by atoms with E-state index in [1.165, 1.54) is 5.56 Å². The molecule has 0 atom stereocenters. The van der Waals surface area contributed by atoms with Gasteiger partial charge in [0.2, 0.25) is 5.91 Å². The Hall–Kier alpha value is -1.74. The predicted molar refractivity (Wildman–Crippen MR) is 93.9 cm³/mol. The summed E-state index contributed by atoms with van der Waals surface area (Å²) in [5.74, 6) is 3.29. The first kappa shape index (κ1) is 15.6. The topological polar surface area (TPSA) is 38.3 Å². The Morgan fingerprint density at radius 2 is 2.19 bits per heavy atom. The van der Waals surface area contributed by atoms with Crippen LogP contribution in [0, 0.1) is 12.3 Å². The number of hydrogen-bond acceptors (Lipinski definition) is 2. The molecule has 0 unspecified atom stereocenters. The van der Waals surface area contributed by atoms with Gasteiger partial charge in [-0.25, -0.2) is 0 Å². The van der Waals surface area contributed by atoms with E-state index >= 15 is 0 Å². The molecule has 0 aromatic heterocycles. The van der Waals surface area contributed by atoms with Crippen LogP contribution >= 0.6 is 22.6 Å². The Bertz CT molecular complexity index is 676. The number of carbonyl (C=O) groups excluding carboxylic acids is 1. The van der Waals surface area contributed by atoms with E-state index in [0.717, 1.165) is 22.9 Å². The van der Waals surface area contributed by atoms with Crippen molar-refractivity contribution in [3.05, 3.63) is 42.0 Å². The van der Waals surface area contributed by atoms with Crippen molar-refractivity contribution in [1.82, 2.24) is 5.32 Å². The molecule has 0 heterocycles. The third-order valence-electron chi connectivity index (χ3n) is 3.10. The molecule has 1 N–H and O–H groups in total. The molecule has 0 aliphatic carbocycles. The molecule has 2 rings (SSSR count). The third kappa shape index (κ3) is 4.36. The van der Waals surface area contributed by atoms with Crippen LogP contribution in [0.1, 0.15) is 5.56 Å². The molecule has 21 heavy (non-hydrogen) atoms. The Morgan fingerprint density at radius 1 is 1.33 bits per heavy atom. The number of hydrogen-bond donors (Lipinski definition) is 1. The van der Waals surface area contributed by atoms with E-state index < -0.39 is 0 Å². The summed E-state index contributed by atoms with van der Waals surface area (Å²) >= 11 is 2.05. The van der Waals surface area contributed by atoms with Gasteiger partial charge in [0.1, 0.15) is 12.4 Å². The summed E-state index contributed by atoms with van der Waals surface area (Å²) in [6.45, 7) is 0.899. The molecule has 0 radical (unpaired) electrons. The van der Waals surface area contributed by atoms with Gasteiger partial charge in [-0.2, -0.15) is 0 Å². The number of rotatable bonds is 6. The Morgan fingerprint density at radius 3 is 2.95 bits per heavy atom. The Labute approximate surface area is 138 Å². The highest BCUT2D eigenvalue weighted by Crippen LogP contribution is 2.24. The zero-order chi connectivity index (χ0) is 15.1. The van der Waals surface area contributed by atoms with Crippen LogP contribution < -0.4 is 10.1 Å². The van der Waals surface area contributed by atoms with Crippen molar-refractivity contribution in [2.24, 2.45) is 0 Å². The molecular weight excluding hydrogens is 377 g/mol. The van der Waals surface area contributed by atoms with Crippen molar-refractivity contribution in [3.63, 3.8) is 0 Å². The van der Waals surface area contributed by atoms with E-state index in [1.807, 2.05) is 24.3 Å². The van der Waals surface area contributed by atoms with E-state index in [1.54, 1.807) is 0 Å². The van der Waals surface area contributed by atoms with E-state index in [-0.39, 0.29) is 12.5 Å². The molecule has 0 fully saturated rings. The molecular formula is C17H16INO2. The molecule has 0 aliphatic heterocycles. The van der Waals surface area contributed by atoms with Gasteiger partial charge >= 0.3 is 0 Å². The number of fused-ring (bicyclic) bond motifs is 1. The quantitative estimate of drug-likeness (QED) is 0.466. The number of alkyl halides is 1. The lowest BCUT2D eigenvalue weighted by molar-refractivity contribution is -0.118. The van der Waals surface area contributed by atoms with Crippen LogP contribution in [0.4, 0.5) is 0 Å². The SMILES string of the molecule is C#CCOc1ccc2cccc(CCNC(=O)CI)c2c1. The first-order chi connectivity index (χ1) is 10.2. The summed E-state index contributed by atoms with van der Waals surface area (Å²) in [5.41, 5.74) is 1.19. The van der Waals surface area contributed by atoms with Gasteiger partial charge < -0.3 is 10.1 Å². The van der Waals surface area contributed by atoms with Crippen LogP contribution in [0.15, 0.2) is 36.4 Å². The van der Waals surface area contributed by atoms with Gasteiger partial charge in [-0.1, -0.05) is 52.8 Å². The summed E-state index contributed by atoms with van der Waals surface area (Å²) in [5, 5.41) is 5.18. The van der Waals surface area contributed by atoms with Gasteiger partial charge in [-0.05, 0) is 34.9 Å². The zero-order valence-corrected chi connectivity index (χ0v) is 13.7. The summed E-state index contributed by atoms with van der Waals surface area (Å²) in [4.78, 5) is 11.3. The van der Waals surface area contributed by atoms with Crippen molar-refractivity contribution < 1.29 is 9.53 Å². The largest absolute Gasteiger partial charge is 0.481 e. The summed E-state index contributed by atoms with van der Waals surface area (Å²) in [6.07, 6.45) is 6.00. The van der Waals surface area contributed by atoms with Crippen LogP contribution in [0.2, 0.25) is 0 Å². The van der Waals surface area contributed by atoms with Crippen LogP contribution in [0.3, 0.4) is 0 Å². The predicted octanol–water partition coefficient (Wildman–Crippen LogP) is 2.95. The lowest BCUT2D eigenvalue weighted by atomic mass is 10.0. The zero-order valence-electron chi connectivity index (χ0n) is 11.6. The standard InChI is InChI=1S/C17H16INO2/c1-2-10-21-15-7-6-13-4-3-5-14(16(13)11-15)8-9-19-17(20)12-18/h1,3-7,11H,8-10,12H2,(H,19,20). The van der Waals surface area contributed by atoms with Gasteiger partial charge in [-0.3, -0.25) is 4.79 Å². The maximum absolute atomic E-state index is 11.3. The minimum absolute atomic E-state index is 0.0638. The van der Waals surface area contributed by atoms with Gasteiger partial charge in [-0.15, -0.1) is 6.42 Å². The highest BCUT2D eigenvalue weighted by Gasteiger charge is 2.04. The molecule has 0 aliphatic rings. The second-order valence-electron chi connectivity index (χ2n) is 4.53. The molecule has 0 saturated carbocycles. The number of carbonyl (C=O) groups is 1. The number of ether oxygens (including phenoxy) is 1. The van der Waals surface area contributed by atoms with E-state index in [4.69, 9.17) is 11.2 Å². The van der Waals surface area contributed by atoms with E-state index in [0.29, 0.717) is 11.0 Å². The molecule has 0 saturated heterocycles. The second-order valence-corrected chi connectivity index (χ2v) is 5.29. The van der Waals surface area contributed by atoms with Crippen molar-refractivity contribution in [2.75, 3.05) is 17.6 Å². The lowest BCUT2D eigenvalue weighted by Gasteiger charge is -2.09. The molecule has 0 bridgehead atoms.